The van der Waals surface area contributed by atoms with Gasteiger partial charge >= 0.3 is 11.9 Å². The van der Waals surface area contributed by atoms with Crippen molar-refractivity contribution < 1.29 is 19.1 Å². The first-order valence-corrected chi connectivity index (χ1v) is 6.11. The first kappa shape index (κ1) is 12.8. The van der Waals surface area contributed by atoms with E-state index in [4.69, 9.17) is 5.26 Å². The zero-order chi connectivity index (χ0) is 15.0. The molecule has 102 valence electrons. The number of nitriles is 1. The van der Waals surface area contributed by atoms with Crippen molar-refractivity contribution in [2.45, 2.75) is 6.42 Å². The fourth-order valence-electron chi connectivity index (χ4n) is 2.32. The van der Waals surface area contributed by atoms with E-state index >= 15 is 0 Å². The van der Waals surface area contributed by atoms with Crippen molar-refractivity contribution >= 4 is 34.3 Å². The van der Waals surface area contributed by atoms with E-state index in [0.717, 1.165) is 0 Å². The number of cyclic esters (lactones) is 2. The van der Waals surface area contributed by atoms with Crippen LogP contribution in [-0.4, -0.2) is 17.8 Å². The molecule has 0 aliphatic carbocycles. The first-order valence-electron chi connectivity index (χ1n) is 6.11. The van der Waals surface area contributed by atoms with Crippen molar-refractivity contribution in [3.63, 3.8) is 0 Å². The normalized spacial score (nSPS) is 12.7. The summed E-state index contributed by atoms with van der Waals surface area (Å²) in [4.78, 5) is 35.0. The van der Waals surface area contributed by atoms with Crippen LogP contribution in [0.25, 0.3) is 10.8 Å². The minimum Gasteiger partial charge on any atom is -0.386 e. The fraction of sp³-hybridized carbons (Fsp3) is 0.0667. The molecule has 0 radical (unpaired) electrons. The van der Waals surface area contributed by atoms with E-state index < -0.39 is 17.8 Å². The second-order valence-electron chi connectivity index (χ2n) is 4.45. The van der Waals surface area contributed by atoms with Crippen LogP contribution in [0.4, 0.5) is 5.69 Å². The molecule has 1 N–H and O–H groups in total. The molecule has 0 aromatic heterocycles. The van der Waals surface area contributed by atoms with Crippen LogP contribution in [0.3, 0.4) is 0 Å². The van der Waals surface area contributed by atoms with E-state index in [1.165, 1.54) is 6.07 Å². The van der Waals surface area contributed by atoms with Gasteiger partial charge in [0.1, 0.15) is 6.42 Å². The Balaban J connectivity index is 2.22. The lowest BCUT2D eigenvalue weighted by molar-refractivity contribution is -0.115. The van der Waals surface area contributed by atoms with Crippen LogP contribution in [0.2, 0.25) is 0 Å². The first-order chi connectivity index (χ1) is 10.1. The highest BCUT2D eigenvalue weighted by atomic mass is 16.6. The van der Waals surface area contributed by atoms with Crippen LogP contribution in [-0.2, 0) is 9.53 Å². The van der Waals surface area contributed by atoms with E-state index in [1.807, 2.05) is 0 Å². The van der Waals surface area contributed by atoms with Gasteiger partial charge in [-0.05, 0) is 18.2 Å². The van der Waals surface area contributed by atoms with Crippen LogP contribution < -0.4 is 5.32 Å². The molecule has 3 rings (SSSR count). The number of nitrogens with one attached hydrogen (secondary N) is 1. The molecule has 0 fully saturated rings. The SMILES string of the molecule is N#CCC(=O)Nc1ccc2c3c(cccc13)C(=O)OC2=O. The number of nitrogens with zero attached hydrogens (tertiary/aromatic N) is 1. The molecule has 0 spiro atoms. The summed E-state index contributed by atoms with van der Waals surface area (Å²) < 4.78 is 4.65. The number of esters is 2. The van der Waals surface area contributed by atoms with Crippen molar-refractivity contribution in [2.75, 3.05) is 5.32 Å². The van der Waals surface area contributed by atoms with Crippen molar-refractivity contribution in [2.24, 2.45) is 0 Å². The lowest BCUT2D eigenvalue weighted by Crippen LogP contribution is -2.20. The number of hydrogen-bond acceptors (Lipinski definition) is 5. The highest BCUT2D eigenvalue weighted by Crippen LogP contribution is 2.33. The maximum Gasteiger partial charge on any atom is 0.346 e. The van der Waals surface area contributed by atoms with Crippen molar-refractivity contribution in [3.05, 3.63) is 41.5 Å². The molecule has 21 heavy (non-hydrogen) atoms. The summed E-state index contributed by atoms with van der Waals surface area (Å²) in [5.74, 6) is -1.87. The largest absolute Gasteiger partial charge is 0.386 e. The van der Waals surface area contributed by atoms with Gasteiger partial charge in [0.15, 0.2) is 0 Å². The van der Waals surface area contributed by atoms with Gasteiger partial charge in [0, 0.05) is 16.5 Å². The number of anilines is 1. The number of hydrogen-bond donors (Lipinski definition) is 1. The van der Waals surface area contributed by atoms with Crippen molar-refractivity contribution in [1.82, 2.24) is 0 Å². The van der Waals surface area contributed by atoms with Crippen LogP contribution in [0.5, 0.6) is 0 Å². The lowest BCUT2D eigenvalue weighted by Gasteiger charge is -2.17. The second kappa shape index (κ2) is 4.72. The van der Waals surface area contributed by atoms with E-state index in [1.54, 1.807) is 30.3 Å². The molecular formula is C15H8N2O4. The van der Waals surface area contributed by atoms with E-state index in [-0.39, 0.29) is 17.5 Å². The standard InChI is InChI=1S/C15H8N2O4/c16-7-6-12(18)17-11-5-4-10-13-8(11)2-1-3-9(13)14(19)21-15(10)20/h1-5H,6H2,(H,17,18). The molecule has 2 aromatic rings. The molecule has 0 unspecified atom stereocenters. The Morgan fingerprint density at radius 2 is 1.86 bits per heavy atom. The monoisotopic (exact) mass is 280 g/mol. The van der Waals surface area contributed by atoms with E-state index in [0.29, 0.717) is 16.5 Å². The number of rotatable bonds is 2. The van der Waals surface area contributed by atoms with Crippen LogP contribution >= 0.6 is 0 Å². The summed E-state index contributed by atoms with van der Waals surface area (Å²) in [6.45, 7) is 0. The Hall–Kier alpha value is -3.20. The molecule has 6 heteroatoms. The number of carbonyl (C=O) groups is 3. The average molecular weight is 280 g/mol. The minimum absolute atomic E-state index is 0.274. The number of ether oxygens (including phenoxy) is 1. The van der Waals surface area contributed by atoms with Crippen LogP contribution in [0, 0.1) is 11.3 Å². The second-order valence-corrected chi connectivity index (χ2v) is 4.45. The Morgan fingerprint density at radius 3 is 2.57 bits per heavy atom. The predicted octanol–water partition coefficient (Wildman–Crippen LogP) is 2.00. The smallest absolute Gasteiger partial charge is 0.346 e. The highest BCUT2D eigenvalue weighted by Gasteiger charge is 2.27. The van der Waals surface area contributed by atoms with Gasteiger partial charge in [0.25, 0.3) is 0 Å². The molecule has 0 saturated carbocycles. The van der Waals surface area contributed by atoms with Gasteiger partial charge in [-0.25, -0.2) is 9.59 Å². The van der Waals surface area contributed by atoms with Gasteiger partial charge in [0.2, 0.25) is 5.91 Å². The van der Waals surface area contributed by atoms with Gasteiger partial charge in [-0.2, -0.15) is 5.26 Å². The Kier molecular flexibility index (Phi) is 2.88. The van der Waals surface area contributed by atoms with Crippen LogP contribution in [0.15, 0.2) is 30.3 Å². The van der Waals surface area contributed by atoms with Gasteiger partial charge in [-0.3, -0.25) is 4.79 Å². The quantitative estimate of drug-likeness (QED) is 0.670. The molecular weight excluding hydrogens is 272 g/mol. The lowest BCUT2D eigenvalue weighted by atomic mass is 9.96. The van der Waals surface area contributed by atoms with Gasteiger partial charge in [0.05, 0.1) is 17.2 Å². The molecule has 0 saturated heterocycles. The molecule has 6 nitrogen and oxygen atoms in total. The van der Waals surface area contributed by atoms with Crippen molar-refractivity contribution in [3.8, 4) is 6.07 Å². The molecule has 0 atom stereocenters. The average Bonchev–Trinajstić information content (AvgIpc) is 2.46. The van der Waals surface area contributed by atoms with Gasteiger partial charge in [-0.15, -0.1) is 0 Å². The summed E-state index contributed by atoms with van der Waals surface area (Å²) in [7, 11) is 0. The zero-order valence-corrected chi connectivity index (χ0v) is 10.7. The fourth-order valence-corrected chi connectivity index (χ4v) is 2.32. The third kappa shape index (κ3) is 2.01. The Bertz CT molecular complexity index is 828. The summed E-state index contributed by atoms with van der Waals surface area (Å²) >= 11 is 0. The molecule has 1 amide bonds. The molecule has 0 bridgehead atoms. The Morgan fingerprint density at radius 1 is 1.14 bits per heavy atom. The van der Waals surface area contributed by atoms with Crippen LogP contribution in [0.1, 0.15) is 27.1 Å². The number of amides is 1. The third-order valence-electron chi connectivity index (χ3n) is 3.18. The summed E-state index contributed by atoms with van der Waals surface area (Å²) in [6.07, 6.45) is -0.274. The third-order valence-corrected chi connectivity index (χ3v) is 3.18. The molecule has 1 heterocycles. The van der Waals surface area contributed by atoms with E-state index in [9.17, 15) is 14.4 Å². The molecule has 2 aromatic carbocycles. The Labute approximate surface area is 118 Å². The summed E-state index contributed by atoms with van der Waals surface area (Å²) in [5, 5.41) is 12.1. The maximum absolute atomic E-state index is 11.7. The predicted molar refractivity (Wildman–Crippen MR) is 72.6 cm³/mol. The van der Waals surface area contributed by atoms with E-state index in [2.05, 4.69) is 10.1 Å². The molecule has 1 aliphatic rings. The topological polar surface area (TPSA) is 96.3 Å². The van der Waals surface area contributed by atoms with Crippen molar-refractivity contribution in [1.29, 1.82) is 5.26 Å². The highest BCUT2D eigenvalue weighted by molar-refractivity contribution is 6.23. The minimum atomic E-state index is -0.710. The number of carbonyl (C=O) groups excluding carboxylic acids is 3. The summed E-state index contributed by atoms with van der Waals surface area (Å²) in [5.41, 5.74) is 0.996. The maximum atomic E-state index is 11.7. The summed E-state index contributed by atoms with van der Waals surface area (Å²) in [6, 6.07) is 9.68. The van der Waals surface area contributed by atoms with Gasteiger partial charge < -0.3 is 10.1 Å². The number of benzene rings is 2. The van der Waals surface area contributed by atoms with Gasteiger partial charge in [-0.1, -0.05) is 12.1 Å². The zero-order valence-electron chi connectivity index (χ0n) is 10.7. The molecule has 1 aliphatic heterocycles.